The van der Waals surface area contributed by atoms with Crippen molar-refractivity contribution in [3.63, 3.8) is 0 Å². The van der Waals surface area contributed by atoms with Gasteiger partial charge in [-0.3, -0.25) is 0 Å². The Morgan fingerprint density at radius 3 is 2.62 bits per heavy atom. The summed E-state index contributed by atoms with van der Waals surface area (Å²) in [6.07, 6.45) is 1.74. The molecule has 118 valence electrons. The monoisotopic (exact) mass is 319 g/mol. The molecule has 0 radical (unpaired) electrons. The number of hydrogen-bond acceptors (Lipinski definition) is 3. The van der Waals surface area contributed by atoms with E-state index in [1.807, 2.05) is 42.5 Å². The number of hydrogen-bond donors (Lipinski definition) is 1. The Kier molecular flexibility index (Phi) is 3.55. The molecule has 4 nitrogen and oxygen atoms in total. The Morgan fingerprint density at radius 2 is 1.79 bits per heavy atom. The second kappa shape index (κ2) is 5.86. The zero-order valence-corrected chi connectivity index (χ0v) is 12.7. The molecule has 0 atom stereocenters. The highest BCUT2D eigenvalue weighted by Gasteiger charge is 2.10. The summed E-state index contributed by atoms with van der Waals surface area (Å²) >= 11 is 0. The molecule has 0 aliphatic heterocycles. The maximum Gasteiger partial charge on any atom is 0.154 e. The lowest BCUT2D eigenvalue weighted by molar-refractivity contribution is 0.282. The van der Waals surface area contributed by atoms with Crippen LogP contribution in [0.1, 0.15) is 5.56 Å². The van der Waals surface area contributed by atoms with E-state index in [1.165, 1.54) is 12.1 Å². The Hall–Kier alpha value is -3.05. The molecule has 0 fully saturated rings. The first-order chi connectivity index (χ1) is 11.7. The molecule has 1 N–H and O–H groups in total. The van der Waals surface area contributed by atoms with Crippen molar-refractivity contribution in [2.24, 2.45) is 0 Å². The quantitative estimate of drug-likeness (QED) is 0.626. The first-order valence-corrected chi connectivity index (χ1v) is 7.55. The van der Waals surface area contributed by atoms with Crippen LogP contribution in [-0.4, -0.2) is 19.7 Å². The number of imidazole rings is 1. The van der Waals surface area contributed by atoms with Gasteiger partial charge >= 0.3 is 0 Å². The summed E-state index contributed by atoms with van der Waals surface area (Å²) in [5.74, 6) is -0.295. The van der Waals surface area contributed by atoms with E-state index in [4.69, 9.17) is 0 Å². The maximum atomic E-state index is 13.5. The zero-order valence-electron chi connectivity index (χ0n) is 12.7. The number of aromatic nitrogens is 3. The molecule has 2 aromatic carbocycles. The molecule has 0 aliphatic rings. The molecule has 4 rings (SSSR count). The largest absolute Gasteiger partial charge is 0.392 e. The third-order valence-corrected chi connectivity index (χ3v) is 3.89. The fraction of sp³-hybridized carbons (Fsp3) is 0.0526. The summed E-state index contributed by atoms with van der Waals surface area (Å²) in [4.78, 5) is 4.37. The van der Waals surface area contributed by atoms with Crippen LogP contribution in [0.3, 0.4) is 0 Å². The molecule has 0 aliphatic carbocycles. The lowest BCUT2D eigenvalue weighted by Gasteiger charge is -2.06. The van der Waals surface area contributed by atoms with Gasteiger partial charge in [0.1, 0.15) is 5.82 Å². The topological polar surface area (TPSA) is 50.4 Å². The van der Waals surface area contributed by atoms with Gasteiger partial charge in [-0.2, -0.15) is 5.10 Å². The van der Waals surface area contributed by atoms with Crippen molar-refractivity contribution in [1.29, 1.82) is 0 Å². The highest BCUT2D eigenvalue weighted by Crippen LogP contribution is 2.24. The van der Waals surface area contributed by atoms with E-state index in [0.717, 1.165) is 16.8 Å². The van der Waals surface area contributed by atoms with Crippen LogP contribution in [0.5, 0.6) is 0 Å². The van der Waals surface area contributed by atoms with Crippen molar-refractivity contribution in [2.75, 3.05) is 0 Å². The third-order valence-electron chi connectivity index (χ3n) is 3.89. The molecule has 2 heterocycles. The molecular formula is C19H14FN3O. The van der Waals surface area contributed by atoms with Crippen LogP contribution < -0.4 is 0 Å². The summed E-state index contributed by atoms with van der Waals surface area (Å²) in [5, 5.41) is 13.9. The summed E-state index contributed by atoms with van der Waals surface area (Å²) in [5.41, 5.74) is 4.64. The van der Waals surface area contributed by atoms with Gasteiger partial charge < -0.3 is 5.11 Å². The SMILES string of the molecule is OCc1cccc(-c2cnc3ccc(-c4cccc(F)c4)nn23)c1. The van der Waals surface area contributed by atoms with Crippen LogP contribution in [0.15, 0.2) is 66.9 Å². The molecule has 24 heavy (non-hydrogen) atoms. The van der Waals surface area contributed by atoms with Gasteiger partial charge in [-0.05, 0) is 35.9 Å². The predicted octanol–water partition coefficient (Wildman–Crippen LogP) is 3.69. The first-order valence-electron chi connectivity index (χ1n) is 7.55. The van der Waals surface area contributed by atoms with E-state index in [-0.39, 0.29) is 12.4 Å². The maximum absolute atomic E-state index is 13.5. The van der Waals surface area contributed by atoms with E-state index >= 15 is 0 Å². The van der Waals surface area contributed by atoms with E-state index in [1.54, 1.807) is 16.8 Å². The van der Waals surface area contributed by atoms with Crippen molar-refractivity contribution in [3.05, 3.63) is 78.2 Å². The summed E-state index contributed by atoms with van der Waals surface area (Å²) in [6.45, 7) is -0.0213. The van der Waals surface area contributed by atoms with Crippen molar-refractivity contribution < 1.29 is 9.50 Å². The molecule has 0 saturated heterocycles. The summed E-state index contributed by atoms with van der Waals surface area (Å²) in [7, 11) is 0. The predicted molar refractivity (Wildman–Crippen MR) is 89.7 cm³/mol. The molecule has 0 unspecified atom stereocenters. The number of aliphatic hydroxyl groups is 1. The number of halogens is 1. The fourth-order valence-electron chi connectivity index (χ4n) is 2.70. The number of nitrogens with zero attached hydrogens (tertiary/aromatic N) is 3. The molecule has 0 bridgehead atoms. The number of rotatable bonds is 3. The second-order valence-corrected chi connectivity index (χ2v) is 5.50. The van der Waals surface area contributed by atoms with Crippen molar-refractivity contribution in [3.8, 4) is 22.5 Å². The smallest absolute Gasteiger partial charge is 0.154 e. The third kappa shape index (κ3) is 2.55. The molecule has 2 aromatic heterocycles. The molecule has 0 amide bonds. The average Bonchev–Trinajstić information content (AvgIpc) is 3.05. The minimum absolute atomic E-state index is 0.0213. The van der Waals surface area contributed by atoms with Crippen LogP contribution in [0.2, 0.25) is 0 Å². The van der Waals surface area contributed by atoms with Crippen LogP contribution in [0, 0.1) is 5.82 Å². The Bertz CT molecular complexity index is 1030. The van der Waals surface area contributed by atoms with Gasteiger partial charge in [0.15, 0.2) is 5.65 Å². The van der Waals surface area contributed by atoms with Crippen LogP contribution in [-0.2, 0) is 6.61 Å². The second-order valence-electron chi connectivity index (χ2n) is 5.50. The van der Waals surface area contributed by atoms with Gasteiger partial charge in [0.2, 0.25) is 0 Å². The van der Waals surface area contributed by atoms with Crippen LogP contribution in [0.25, 0.3) is 28.2 Å². The Morgan fingerprint density at radius 1 is 0.958 bits per heavy atom. The standard InChI is InChI=1S/C19H14FN3O/c20-16-6-2-4-14(10-16)17-7-8-19-21-11-18(23(19)22-17)15-5-1-3-13(9-15)12-24/h1-11,24H,12H2. The molecule has 0 spiro atoms. The molecular weight excluding hydrogens is 305 g/mol. The van der Waals surface area contributed by atoms with E-state index in [0.29, 0.717) is 16.9 Å². The van der Waals surface area contributed by atoms with Crippen LogP contribution >= 0.6 is 0 Å². The number of benzene rings is 2. The number of aliphatic hydroxyl groups excluding tert-OH is 1. The molecule has 0 saturated carbocycles. The van der Waals surface area contributed by atoms with Gasteiger partial charge in [0.05, 0.1) is 24.2 Å². The fourth-order valence-corrected chi connectivity index (χ4v) is 2.70. The lowest BCUT2D eigenvalue weighted by atomic mass is 10.1. The van der Waals surface area contributed by atoms with E-state index in [2.05, 4.69) is 10.1 Å². The summed E-state index contributed by atoms with van der Waals surface area (Å²) in [6, 6.07) is 17.6. The zero-order chi connectivity index (χ0) is 16.5. The molecule has 4 aromatic rings. The average molecular weight is 319 g/mol. The highest BCUT2D eigenvalue weighted by atomic mass is 19.1. The Labute approximate surface area is 137 Å². The Balaban J connectivity index is 1.87. The van der Waals surface area contributed by atoms with Gasteiger partial charge in [0, 0.05) is 11.1 Å². The normalized spacial score (nSPS) is 11.1. The molecule has 5 heteroatoms. The summed E-state index contributed by atoms with van der Waals surface area (Å²) < 4.78 is 15.2. The van der Waals surface area contributed by atoms with Crippen molar-refractivity contribution in [1.82, 2.24) is 14.6 Å². The van der Waals surface area contributed by atoms with Gasteiger partial charge in [-0.1, -0.05) is 30.3 Å². The van der Waals surface area contributed by atoms with E-state index < -0.39 is 0 Å². The van der Waals surface area contributed by atoms with E-state index in [9.17, 15) is 9.50 Å². The number of fused-ring (bicyclic) bond motifs is 1. The van der Waals surface area contributed by atoms with Crippen LogP contribution in [0.4, 0.5) is 4.39 Å². The van der Waals surface area contributed by atoms with Crippen molar-refractivity contribution >= 4 is 5.65 Å². The highest BCUT2D eigenvalue weighted by molar-refractivity contribution is 5.66. The first kappa shape index (κ1) is 14.5. The minimum Gasteiger partial charge on any atom is -0.392 e. The van der Waals surface area contributed by atoms with Gasteiger partial charge in [-0.15, -0.1) is 0 Å². The van der Waals surface area contributed by atoms with Crippen molar-refractivity contribution in [2.45, 2.75) is 6.61 Å². The minimum atomic E-state index is -0.295. The lowest BCUT2D eigenvalue weighted by Crippen LogP contribution is -1.97. The van der Waals surface area contributed by atoms with Gasteiger partial charge in [0.25, 0.3) is 0 Å². The van der Waals surface area contributed by atoms with Gasteiger partial charge in [-0.25, -0.2) is 13.9 Å².